The first-order valence-corrected chi connectivity index (χ1v) is 7.27. The lowest BCUT2D eigenvalue weighted by atomic mass is 10.0. The quantitative estimate of drug-likeness (QED) is 0.803. The molecular weight excluding hydrogens is 269 g/mol. The van der Waals surface area contributed by atoms with Crippen LogP contribution < -0.4 is 0 Å². The SMILES string of the molecule is F[C@H]1CCCO[C@@]12CN=C(c1ccc3ccccc3c1)O2. The van der Waals surface area contributed by atoms with Crippen LogP contribution in [-0.2, 0) is 9.47 Å². The van der Waals surface area contributed by atoms with E-state index in [2.05, 4.69) is 11.1 Å². The molecule has 108 valence electrons. The molecule has 0 aromatic heterocycles. The molecule has 2 aliphatic rings. The molecule has 4 heteroatoms. The fourth-order valence-corrected chi connectivity index (χ4v) is 2.94. The Kier molecular flexibility index (Phi) is 2.93. The van der Waals surface area contributed by atoms with Crippen LogP contribution in [-0.4, -0.2) is 31.0 Å². The summed E-state index contributed by atoms with van der Waals surface area (Å²) >= 11 is 0. The number of halogens is 1. The average Bonchev–Trinajstić information content (AvgIpc) is 2.95. The zero-order valence-corrected chi connectivity index (χ0v) is 11.6. The van der Waals surface area contributed by atoms with Crippen LogP contribution in [0.1, 0.15) is 18.4 Å². The molecule has 2 aromatic carbocycles. The van der Waals surface area contributed by atoms with Gasteiger partial charge in [0.2, 0.25) is 5.90 Å². The number of hydrogen-bond acceptors (Lipinski definition) is 3. The van der Waals surface area contributed by atoms with Gasteiger partial charge in [-0.1, -0.05) is 30.3 Å². The van der Waals surface area contributed by atoms with Crippen molar-refractivity contribution in [2.45, 2.75) is 24.8 Å². The van der Waals surface area contributed by atoms with Crippen LogP contribution in [0.3, 0.4) is 0 Å². The molecule has 1 saturated heterocycles. The maximum absolute atomic E-state index is 14.2. The van der Waals surface area contributed by atoms with Crippen LogP contribution >= 0.6 is 0 Å². The maximum atomic E-state index is 14.2. The fourth-order valence-electron chi connectivity index (χ4n) is 2.94. The van der Waals surface area contributed by atoms with Gasteiger partial charge in [0, 0.05) is 5.56 Å². The lowest BCUT2D eigenvalue weighted by Gasteiger charge is -2.35. The van der Waals surface area contributed by atoms with Crippen LogP contribution in [0.15, 0.2) is 47.5 Å². The summed E-state index contributed by atoms with van der Waals surface area (Å²) in [5.41, 5.74) is 0.868. The molecule has 0 unspecified atom stereocenters. The van der Waals surface area contributed by atoms with Gasteiger partial charge >= 0.3 is 0 Å². The summed E-state index contributed by atoms with van der Waals surface area (Å²) in [6.07, 6.45) is 0.0888. The van der Waals surface area contributed by atoms with E-state index in [0.717, 1.165) is 22.8 Å². The van der Waals surface area contributed by atoms with E-state index in [1.54, 1.807) is 0 Å². The third kappa shape index (κ3) is 2.10. The van der Waals surface area contributed by atoms with Gasteiger partial charge in [-0.3, -0.25) is 0 Å². The first-order chi connectivity index (χ1) is 10.3. The Morgan fingerprint density at radius 3 is 2.86 bits per heavy atom. The predicted molar refractivity (Wildman–Crippen MR) is 79.3 cm³/mol. The molecule has 0 amide bonds. The molecule has 0 saturated carbocycles. The molecule has 2 atom stereocenters. The zero-order chi connectivity index (χ0) is 14.3. The van der Waals surface area contributed by atoms with Gasteiger partial charge in [-0.2, -0.15) is 0 Å². The molecule has 4 rings (SSSR count). The third-order valence-electron chi connectivity index (χ3n) is 4.13. The van der Waals surface area contributed by atoms with Gasteiger partial charge in [-0.05, 0) is 35.7 Å². The molecule has 2 aromatic rings. The predicted octanol–water partition coefficient (Wildman–Crippen LogP) is 3.46. The Hall–Kier alpha value is -1.94. The molecule has 0 N–H and O–H groups in total. The monoisotopic (exact) mass is 285 g/mol. The Balaban J connectivity index is 1.64. The van der Waals surface area contributed by atoms with Crippen molar-refractivity contribution in [1.82, 2.24) is 0 Å². The number of nitrogens with zero attached hydrogens (tertiary/aromatic N) is 1. The van der Waals surface area contributed by atoms with Gasteiger partial charge in [0.05, 0.1) is 6.61 Å². The van der Waals surface area contributed by atoms with Gasteiger partial charge in [0.25, 0.3) is 5.79 Å². The highest BCUT2D eigenvalue weighted by atomic mass is 19.1. The second-order valence-electron chi connectivity index (χ2n) is 5.56. The number of alkyl halides is 1. The maximum Gasteiger partial charge on any atom is 0.263 e. The zero-order valence-electron chi connectivity index (χ0n) is 11.6. The first-order valence-electron chi connectivity index (χ1n) is 7.27. The fraction of sp³-hybridized carbons (Fsp3) is 0.353. The van der Waals surface area contributed by atoms with Gasteiger partial charge in [-0.15, -0.1) is 0 Å². The second-order valence-corrected chi connectivity index (χ2v) is 5.56. The molecular formula is C17H16FNO2. The summed E-state index contributed by atoms with van der Waals surface area (Å²) in [4.78, 5) is 4.37. The summed E-state index contributed by atoms with van der Waals surface area (Å²) in [5.74, 6) is -0.718. The van der Waals surface area contributed by atoms with Crippen molar-refractivity contribution in [1.29, 1.82) is 0 Å². The van der Waals surface area contributed by atoms with Crippen LogP contribution in [0.5, 0.6) is 0 Å². The van der Waals surface area contributed by atoms with Crippen molar-refractivity contribution in [2.75, 3.05) is 13.2 Å². The van der Waals surface area contributed by atoms with Crippen molar-refractivity contribution >= 4 is 16.7 Å². The second kappa shape index (κ2) is 4.81. The van der Waals surface area contributed by atoms with E-state index in [-0.39, 0.29) is 6.54 Å². The molecule has 2 aliphatic heterocycles. The number of rotatable bonds is 1. The number of benzene rings is 2. The molecule has 0 bridgehead atoms. The van der Waals surface area contributed by atoms with E-state index in [1.807, 2.05) is 36.4 Å². The Morgan fingerprint density at radius 1 is 1.14 bits per heavy atom. The minimum atomic E-state index is -1.20. The van der Waals surface area contributed by atoms with E-state index < -0.39 is 12.0 Å². The topological polar surface area (TPSA) is 30.8 Å². The van der Waals surface area contributed by atoms with E-state index in [1.165, 1.54) is 0 Å². The van der Waals surface area contributed by atoms with Gasteiger partial charge in [0.15, 0.2) is 6.17 Å². The van der Waals surface area contributed by atoms with Gasteiger partial charge in [-0.25, -0.2) is 9.38 Å². The Morgan fingerprint density at radius 2 is 2.00 bits per heavy atom. The van der Waals surface area contributed by atoms with Crippen LogP contribution in [0, 0.1) is 0 Å². The average molecular weight is 285 g/mol. The molecule has 0 aliphatic carbocycles. The third-order valence-corrected chi connectivity index (χ3v) is 4.13. The minimum absolute atomic E-state index is 0.232. The molecule has 1 spiro atoms. The number of hydrogen-bond donors (Lipinski definition) is 0. The Labute approximate surface area is 122 Å². The van der Waals surface area contributed by atoms with Crippen molar-refractivity contribution in [3.63, 3.8) is 0 Å². The smallest absolute Gasteiger partial charge is 0.263 e. The lowest BCUT2D eigenvalue weighted by molar-refractivity contribution is -0.232. The largest absolute Gasteiger partial charge is 0.440 e. The minimum Gasteiger partial charge on any atom is -0.440 e. The van der Waals surface area contributed by atoms with Crippen LogP contribution in [0.2, 0.25) is 0 Å². The van der Waals surface area contributed by atoms with Crippen LogP contribution in [0.4, 0.5) is 4.39 Å². The highest BCUT2D eigenvalue weighted by Crippen LogP contribution is 2.34. The van der Waals surface area contributed by atoms with Crippen molar-refractivity contribution in [2.24, 2.45) is 4.99 Å². The van der Waals surface area contributed by atoms with Crippen molar-refractivity contribution < 1.29 is 13.9 Å². The van der Waals surface area contributed by atoms with E-state index >= 15 is 0 Å². The summed E-state index contributed by atoms with van der Waals surface area (Å²) in [6, 6.07) is 14.1. The molecule has 1 fully saturated rings. The molecule has 3 nitrogen and oxygen atoms in total. The summed E-state index contributed by atoms with van der Waals surface area (Å²) in [5, 5.41) is 2.27. The summed E-state index contributed by atoms with van der Waals surface area (Å²) in [7, 11) is 0. The van der Waals surface area contributed by atoms with Crippen molar-refractivity contribution in [3.8, 4) is 0 Å². The van der Waals surface area contributed by atoms with E-state index in [9.17, 15) is 4.39 Å². The van der Waals surface area contributed by atoms with Gasteiger partial charge in [0.1, 0.15) is 6.54 Å². The van der Waals surface area contributed by atoms with Crippen molar-refractivity contribution in [3.05, 3.63) is 48.0 Å². The molecule has 0 radical (unpaired) electrons. The first kappa shape index (κ1) is 12.8. The normalized spacial score (nSPS) is 28.6. The number of ether oxygens (including phenoxy) is 2. The highest BCUT2D eigenvalue weighted by molar-refractivity contribution is 5.99. The van der Waals surface area contributed by atoms with Gasteiger partial charge < -0.3 is 9.47 Å². The molecule has 2 heterocycles. The summed E-state index contributed by atoms with van der Waals surface area (Å²) in [6.45, 7) is 0.761. The highest BCUT2D eigenvalue weighted by Gasteiger charge is 2.49. The lowest BCUT2D eigenvalue weighted by Crippen LogP contribution is -2.49. The van der Waals surface area contributed by atoms with E-state index in [0.29, 0.717) is 18.9 Å². The van der Waals surface area contributed by atoms with Crippen LogP contribution in [0.25, 0.3) is 10.8 Å². The number of aliphatic imine (C=N–C) groups is 1. The molecule has 21 heavy (non-hydrogen) atoms. The standard InChI is InChI=1S/C17H16FNO2/c18-15-6-3-9-20-17(15)11-19-16(21-17)14-8-7-12-4-1-2-5-13(12)10-14/h1-2,4-5,7-8,10,15H,3,6,9,11H2/t15-,17+/m0/s1. The number of fused-ring (bicyclic) bond motifs is 1. The Bertz CT molecular complexity index is 715. The van der Waals surface area contributed by atoms with E-state index in [4.69, 9.17) is 9.47 Å². The summed E-state index contributed by atoms with van der Waals surface area (Å²) < 4.78 is 25.5.